The van der Waals surface area contributed by atoms with Crippen LogP contribution < -0.4 is 0 Å². The first-order valence-corrected chi connectivity index (χ1v) is 8.22. The molecule has 1 aliphatic rings. The summed E-state index contributed by atoms with van der Waals surface area (Å²) in [6.45, 7) is 0. The Morgan fingerprint density at radius 3 is 2.00 bits per heavy atom. The van der Waals surface area contributed by atoms with Gasteiger partial charge in [-0.25, -0.2) is 0 Å². The highest BCUT2D eigenvalue weighted by molar-refractivity contribution is 7.55. The Kier molecular flexibility index (Phi) is 3.72. The summed E-state index contributed by atoms with van der Waals surface area (Å²) in [4.78, 5) is 0. The topological polar surface area (TPSA) is 48.1 Å². The van der Waals surface area contributed by atoms with Gasteiger partial charge in [0.25, 0.3) is 0 Å². The maximum absolute atomic E-state index is 13.0. The molecule has 1 fully saturated rings. The fourth-order valence-electron chi connectivity index (χ4n) is 2.68. The van der Waals surface area contributed by atoms with Crippen LogP contribution in [-0.2, 0) is 23.7 Å². The summed E-state index contributed by atoms with van der Waals surface area (Å²) in [5, 5.41) is -1.07. The van der Waals surface area contributed by atoms with Crippen molar-refractivity contribution in [3.8, 4) is 0 Å². The summed E-state index contributed by atoms with van der Waals surface area (Å²) >= 11 is 0. The van der Waals surface area contributed by atoms with Gasteiger partial charge in [-0.1, -0.05) is 60.7 Å². The zero-order valence-corrected chi connectivity index (χ0v) is 12.8. The molecule has 0 bridgehead atoms. The van der Waals surface area contributed by atoms with Crippen LogP contribution in [0.2, 0.25) is 0 Å². The SMILES string of the molecule is COP(=O)(OC)[C@]1(c2ccccc2)O[C@@H]1c1ccccc1. The summed E-state index contributed by atoms with van der Waals surface area (Å²) in [5.41, 5.74) is 1.75. The fraction of sp³-hybridized carbons (Fsp3) is 0.250. The van der Waals surface area contributed by atoms with E-state index in [-0.39, 0.29) is 6.10 Å². The van der Waals surface area contributed by atoms with Gasteiger partial charge in [0.15, 0.2) is 0 Å². The molecule has 0 aromatic heterocycles. The molecule has 2 aromatic rings. The van der Waals surface area contributed by atoms with Crippen LogP contribution in [-0.4, -0.2) is 14.2 Å². The molecule has 21 heavy (non-hydrogen) atoms. The van der Waals surface area contributed by atoms with Gasteiger partial charge in [-0.2, -0.15) is 0 Å². The first kappa shape index (κ1) is 14.5. The van der Waals surface area contributed by atoms with Gasteiger partial charge in [0.1, 0.15) is 6.10 Å². The second kappa shape index (κ2) is 5.39. The molecule has 0 saturated carbocycles. The molecule has 0 aliphatic carbocycles. The van der Waals surface area contributed by atoms with E-state index in [1.165, 1.54) is 14.2 Å². The zero-order valence-electron chi connectivity index (χ0n) is 11.9. The monoisotopic (exact) mass is 304 g/mol. The third-order valence-corrected chi connectivity index (χ3v) is 6.15. The second-order valence-electron chi connectivity index (χ2n) is 4.83. The molecule has 5 heteroatoms. The Morgan fingerprint density at radius 2 is 1.48 bits per heavy atom. The maximum atomic E-state index is 13.0. The highest BCUT2D eigenvalue weighted by Crippen LogP contribution is 2.79. The minimum atomic E-state index is -3.44. The molecular weight excluding hydrogens is 287 g/mol. The summed E-state index contributed by atoms with van der Waals surface area (Å²) in [7, 11) is -0.663. The quantitative estimate of drug-likeness (QED) is 0.616. The fourth-order valence-corrected chi connectivity index (χ4v) is 4.50. The average Bonchev–Trinajstić information content (AvgIpc) is 3.33. The van der Waals surface area contributed by atoms with E-state index in [1.807, 2.05) is 60.7 Å². The molecule has 2 atom stereocenters. The van der Waals surface area contributed by atoms with E-state index in [0.717, 1.165) is 11.1 Å². The van der Waals surface area contributed by atoms with Crippen LogP contribution in [0.25, 0.3) is 0 Å². The highest BCUT2D eigenvalue weighted by Gasteiger charge is 2.71. The number of rotatable bonds is 5. The molecule has 2 aromatic carbocycles. The predicted molar refractivity (Wildman–Crippen MR) is 80.0 cm³/mol. The van der Waals surface area contributed by atoms with E-state index in [9.17, 15) is 4.57 Å². The van der Waals surface area contributed by atoms with Gasteiger partial charge in [-0.05, 0) is 11.1 Å². The van der Waals surface area contributed by atoms with Gasteiger partial charge < -0.3 is 13.8 Å². The van der Waals surface area contributed by atoms with Crippen LogP contribution >= 0.6 is 7.60 Å². The van der Waals surface area contributed by atoms with E-state index in [0.29, 0.717) is 0 Å². The van der Waals surface area contributed by atoms with E-state index < -0.39 is 12.9 Å². The van der Waals surface area contributed by atoms with E-state index in [2.05, 4.69) is 0 Å². The van der Waals surface area contributed by atoms with Crippen molar-refractivity contribution < 1.29 is 18.3 Å². The van der Waals surface area contributed by atoms with Gasteiger partial charge in [0.05, 0.1) is 0 Å². The highest BCUT2D eigenvalue weighted by atomic mass is 31.2. The smallest absolute Gasteiger partial charge is 0.343 e. The normalized spacial score (nSPS) is 24.8. The zero-order chi connectivity index (χ0) is 14.9. The largest absolute Gasteiger partial charge is 0.369 e. The van der Waals surface area contributed by atoms with Crippen molar-refractivity contribution in [2.24, 2.45) is 0 Å². The lowest BCUT2D eigenvalue weighted by molar-refractivity contribution is 0.229. The molecule has 0 radical (unpaired) electrons. The Hall–Kier alpha value is -1.45. The van der Waals surface area contributed by atoms with Gasteiger partial charge in [-0.3, -0.25) is 4.57 Å². The Bertz CT molecular complexity index is 650. The third kappa shape index (κ3) is 2.16. The lowest BCUT2D eigenvalue weighted by atomic mass is 10.0. The summed E-state index contributed by atoms with van der Waals surface area (Å²) < 4.78 is 29.4. The van der Waals surface area contributed by atoms with Gasteiger partial charge in [-0.15, -0.1) is 0 Å². The van der Waals surface area contributed by atoms with E-state index >= 15 is 0 Å². The van der Waals surface area contributed by atoms with Crippen molar-refractivity contribution in [3.63, 3.8) is 0 Å². The average molecular weight is 304 g/mol. The number of hydrogen-bond donors (Lipinski definition) is 0. The first-order chi connectivity index (χ1) is 10.2. The van der Waals surface area contributed by atoms with Gasteiger partial charge >= 0.3 is 7.60 Å². The summed E-state index contributed by atoms with van der Waals surface area (Å²) in [6, 6.07) is 19.1. The van der Waals surface area contributed by atoms with Crippen LogP contribution in [0.5, 0.6) is 0 Å². The molecule has 1 aliphatic heterocycles. The van der Waals surface area contributed by atoms with E-state index in [4.69, 9.17) is 13.8 Å². The van der Waals surface area contributed by atoms with Crippen molar-refractivity contribution in [3.05, 3.63) is 71.8 Å². The number of ether oxygens (including phenoxy) is 1. The summed E-state index contributed by atoms with van der Waals surface area (Å²) in [5.74, 6) is 0. The van der Waals surface area contributed by atoms with Crippen LogP contribution in [0.15, 0.2) is 60.7 Å². The van der Waals surface area contributed by atoms with Crippen LogP contribution in [0, 0.1) is 0 Å². The third-order valence-electron chi connectivity index (χ3n) is 3.77. The van der Waals surface area contributed by atoms with Crippen molar-refractivity contribution in [1.29, 1.82) is 0 Å². The van der Waals surface area contributed by atoms with Crippen molar-refractivity contribution in [1.82, 2.24) is 0 Å². The van der Waals surface area contributed by atoms with Crippen LogP contribution in [0.3, 0.4) is 0 Å². The Labute approximate surface area is 124 Å². The lowest BCUT2D eigenvalue weighted by Gasteiger charge is -2.22. The van der Waals surface area contributed by atoms with Gasteiger partial charge in [0.2, 0.25) is 5.34 Å². The second-order valence-corrected chi connectivity index (χ2v) is 7.22. The first-order valence-electron chi connectivity index (χ1n) is 6.68. The minimum Gasteiger partial charge on any atom is -0.343 e. The molecule has 0 spiro atoms. The number of hydrogen-bond acceptors (Lipinski definition) is 4. The molecular formula is C16H17O4P. The number of benzene rings is 2. The van der Waals surface area contributed by atoms with Gasteiger partial charge in [0, 0.05) is 14.2 Å². The van der Waals surface area contributed by atoms with Crippen LogP contribution in [0.4, 0.5) is 0 Å². The van der Waals surface area contributed by atoms with E-state index in [1.54, 1.807) is 0 Å². The van der Waals surface area contributed by atoms with Crippen molar-refractivity contribution in [2.75, 3.05) is 14.2 Å². The Balaban J connectivity index is 2.10. The lowest BCUT2D eigenvalue weighted by Crippen LogP contribution is -2.13. The predicted octanol–water partition coefficient (Wildman–Crippen LogP) is 4.10. The molecule has 0 amide bonds. The summed E-state index contributed by atoms with van der Waals surface area (Å²) in [6.07, 6.45) is -0.341. The minimum absolute atomic E-state index is 0.341. The molecule has 3 rings (SSSR count). The standard InChI is InChI=1S/C16H17O4P/c1-18-21(17,19-2)16(14-11-7-4-8-12-14)15(20-16)13-9-5-3-6-10-13/h3-12,15H,1-2H3/t15-,16+/m1/s1. The van der Waals surface area contributed by atoms with Crippen molar-refractivity contribution >= 4 is 7.60 Å². The molecule has 1 heterocycles. The molecule has 1 saturated heterocycles. The molecule has 110 valence electrons. The van der Waals surface area contributed by atoms with Crippen molar-refractivity contribution in [2.45, 2.75) is 11.4 Å². The number of epoxide rings is 1. The maximum Gasteiger partial charge on any atom is 0.369 e. The molecule has 0 unspecified atom stereocenters. The van der Waals surface area contributed by atoms with Crippen LogP contribution in [0.1, 0.15) is 17.2 Å². The molecule has 4 nitrogen and oxygen atoms in total. The molecule has 0 N–H and O–H groups in total. The Morgan fingerprint density at radius 1 is 0.952 bits per heavy atom.